The molecule has 3 nitrogen and oxygen atoms in total. The molecular formula is C11H15N3. The molecule has 0 bridgehead atoms. The summed E-state index contributed by atoms with van der Waals surface area (Å²) in [5.41, 5.74) is 13.7. The van der Waals surface area contributed by atoms with Crippen molar-refractivity contribution in [1.82, 2.24) is 4.98 Å². The number of hydrogen-bond acceptors (Lipinski definition) is 2. The summed E-state index contributed by atoms with van der Waals surface area (Å²) in [6, 6.07) is 3.89. The van der Waals surface area contributed by atoms with Crippen LogP contribution in [0.1, 0.15) is 12.6 Å². The molecule has 1 heterocycles. The molecule has 0 aromatic carbocycles. The normalized spacial score (nSPS) is 31.6. The Morgan fingerprint density at radius 3 is 2.93 bits per heavy atom. The third-order valence-electron chi connectivity index (χ3n) is 2.40. The zero-order valence-electron chi connectivity index (χ0n) is 8.20. The van der Waals surface area contributed by atoms with E-state index in [0.717, 1.165) is 11.3 Å². The van der Waals surface area contributed by atoms with E-state index in [-0.39, 0.29) is 6.04 Å². The van der Waals surface area contributed by atoms with Crippen LogP contribution in [-0.4, -0.2) is 16.6 Å². The monoisotopic (exact) mass is 189 g/mol. The lowest BCUT2D eigenvalue weighted by molar-refractivity contribution is 0.715. The first-order valence-electron chi connectivity index (χ1n) is 4.69. The van der Waals surface area contributed by atoms with E-state index >= 15 is 0 Å². The molecule has 0 fully saturated rings. The molecule has 1 aromatic heterocycles. The molecule has 3 heteroatoms. The standard InChI is InChI=1S/C11H15N3/c1-11(13)5-4-9(12)8(7-11)10-3-2-6-14-10/h2-7,9,14H,12-13H2,1H3. The lowest BCUT2D eigenvalue weighted by Crippen LogP contribution is -2.37. The highest BCUT2D eigenvalue weighted by Crippen LogP contribution is 2.24. The fourth-order valence-electron chi connectivity index (χ4n) is 1.66. The number of aromatic amines is 1. The molecule has 74 valence electrons. The molecule has 2 rings (SSSR count). The minimum atomic E-state index is -0.393. The molecule has 0 saturated carbocycles. The predicted octanol–water partition coefficient (Wildman–Crippen LogP) is 1.01. The second kappa shape index (κ2) is 3.12. The number of H-pyrrole nitrogens is 1. The smallest absolute Gasteiger partial charge is 0.0504 e. The first kappa shape index (κ1) is 9.24. The minimum absolute atomic E-state index is 0.0646. The number of rotatable bonds is 1. The number of nitrogens with two attached hydrogens (primary N) is 2. The van der Waals surface area contributed by atoms with Crippen LogP contribution in [0.15, 0.2) is 36.6 Å². The van der Waals surface area contributed by atoms with Crippen LogP contribution in [0.3, 0.4) is 0 Å². The Hall–Kier alpha value is -1.32. The maximum absolute atomic E-state index is 6.00. The van der Waals surface area contributed by atoms with Crippen LogP contribution in [0.4, 0.5) is 0 Å². The molecular weight excluding hydrogens is 174 g/mol. The summed E-state index contributed by atoms with van der Waals surface area (Å²) in [5.74, 6) is 0. The average molecular weight is 189 g/mol. The summed E-state index contributed by atoms with van der Waals surface area (Å²) in [5, 5.41) is 0. The van der Waals surface area contributed by atoms with E-state index in [1.807, 2.05) is 43.5 Å². The summed E-state index contributed by atoms with van der Waals surface area (Å²) in [7, 11) is 0. The molecule has 0 spiro atoms. The fourth-order valence-corrected chi connectivity index (χ4v) is 1.66. The van der Waals surface area contributed by atoms with Crippen LogP contribution in [0.5, 0.6) is 0 Å². The third-order valence-corrected chi connectivity index (χ3v) is 2.40. The molecule has 0 amide bonds. The van der Waals surface area contributed by atoms with Gasteiger partial charge < -0.3 is 16.5 Å². The van der Waals surface area contributed by atoms with Crippen molar-refractivity contribution in [2.45, 2.75) is 18.5 Å². The van der Waals surface area contributed by atoms with E-state index in [0.29, 0.717) is 0 Å². The van der Waals surface area contributed by atoms with E-state index in [4.69, 9.17) is 11.5 Å². The van der Waals surface area contributed by atoms with Crippen LogP contribution in [-0.2, 0) is 0 Å². The Balaban J connectivity index is 2.39. The van der Waals surface area contributed by atoms with E-state index in [9.17, 15) is 0 Å². The van der Waals surface area contributed by atoms with Crippen LogP contribution in [0.2, 0.25) is 0 Å². The van der Waals surface area contributed by atoms with Crippen molar-refractivity contribution in [3.8, 4) is 0 Å². The van der Waals surface area contributed by atoms with Gasteiger partial charge in [-0.25, -0.2) is 0 Å². The molecule has 1 aromatic rings. The van der Waals surface area contributed by atoms with Crippen molar-refractivity contribution in [3.63, 3.8) is 0 Å². The Labute approximate surface area is 83.5 Å². The van der Waals surface area contributed by atoms with Gasteiger partial charge in [-0.1, -0.05) is 18.2 Å². The Morgan fingerprint density at radius 1 is 1.50 bits per heavy atom. The number of nitrogens with one attached hydrogen (secondary N) is 1. The van der Waals surface area contributed by atoms with Crippen molar-refractivity contribution < 1.29 is 0 Å². The molecule has 1 aliphatic carbocycles. The zero-order valence-corrected chi connectivity index (χ0v) is 8.20. The summed E-state index contributed by atoms with van der Waals surface area (Å²) in [4.78, 5) is 3.14. The highest BCUT2D eigenvalue weighted by atomic mass is 14.8. The Bertz CT molecular complexity index is 371. The average Bonchev–Trinajstić information content (AvgIpc) is 2.62. The van der Waals surface area contributed by atoms with Crippen molar-refractivity contribution in [3.05, 3.63) is 42.3 Å². The molecule has 2 unspecified atom stereocenters. The van der Waals surface area contributed by atoms with Gasteiger partial charge in [0.2, 0.25) is 0 Å². The lowest BCUT2D eigenvalue weighted by atomic mass is 9.88. The van der Waals surface area contributed by atoms with Gasteiger partial charge >= 0.3 is 0 Å². The van der Waals surface area contributed by atoms with Gasteiger partial charge in [-0.3, -0.25) is 0 Å². The van der Waals surface area contributed by atoms with Gasteiger partial charge in [0.25, 0.3) is 0 Å². The van der Waals surface area contributed by atoms with Crippen LogP contribution >= 0.6 is 0 Å². The van der Waals surface area contributed by atoms with E-state index < -0.39 is 5.54 Å². The molecule has 5 N–H and O–H groups in total. The van der Waals surface area contributed by atoms with Gasteiger partial charge in [0, 0.05) is 17.9 Å². The summed E-state index contributed by atoms with van der Waals surface area (Å²) in [6.07, 6.45) is 7.76. The first-order chi connectivity index (χ1) is 6.58. The highest BCUT2D eigenvalue weighted by molar-refractivity contribution is 5.72. The Morgan fingerprint density at radius 2 is 2.29 bits per heavy atom. The molecule has 0 aliphatic heterocycles. The van der Waals surface area contributed by atoms with Gasteiger partial charge in [0.15, 0.2) is 0 Å². The molecule has 14 heavy (non-hydrogen) atoms. The van der Waals surface area contributed by atoms with E-state index in [2.05, 4.69) is 4.98 Å². The first-order valence-corrected chi connectivity index (χ1v) is 4.69. The van der Waals surface area contributed by atoms with Gasteiger partial charge in [0.1, 0.15) is 0 Å². The third kappa shape index (κ3) is 1.64. The van der Waals surface area contributed by atoms with Gasteiger partial charge in [-0.05, 0) is 24.6 Å². The maximum Gasteiger partial charge on any atom is 0.0504 e. The summed E-state index contributed by atoms with van der Waals surface area (Å²) < 4.78 is 0. The largest absolute Gasteiger partial charge is 0.361 e. The number of hydrogen-bond donors (Lipinski definition) is 3. The van der Waals surface area contributed by atoms with Crippen molar-refractivity contribution in [2.24, 2.45) is 11.5 Å². The van der Waals surface area contributed by atoms with Crippen molar-refractivity contribution in [1.29, 1.82) is 0 Å². The van der Waals surface area contributed by atoms with Gasteiger partial charge in [-0.15, -0.1) is 0 Å². The van der Waals surface area contributed by atoms with Crippen LogP contribution < -0.4 is 11.5 Å². The Kier molecular flexibility index (Phi) is 2.06. The SMILES string of the molecule is CC1(N)C=CC(N)C(c2ccc[nH]2)=C1. The fraction of sp³-hybridized carbons (Fsp3) is 0.273. The maximum atomic E-state index is 6.00. The molecule has 1 aliphatic rings. The molecule has 2 atom stereocenters. The summed E-state index contributed by atoms with van der Waals surface area (Å²) >= 11 is 0. The summed E-state index contributed by atoms with van der Waals surface area (Å²) in [6.45, 7) is 1.96. The van der Waals surface area contributed by atoms with E-state index in [1.54, 1.807) is 0 Å². The van der Waals surface area contributed by atoms with Crippen LogP contribution in [0.25, 0.3) is 5.57 Å². The number of aromatic nitrogens is 1. The molecule has 0 radical (unpaired) electrons. The molecule has 0 saturated heterocycles. The lowest BCUT2D eigenvalue weighted by Gasteiger charge is -2.25. The van der Waals surface area contributed by atoms with E-state index in [1.165, 1.54) is 0 Å². The quantitative estimate of drug-likeness (QED) is 0.577. The van der Waals surface area contributed by atoms with Crippen LogP contribution in [0, 0.1) is 0 Å². The zero-order chi connectivity index (χ0) is 10.2. The second-order valence-electron chi connectivity index (χ2n) is 3.93. The predicted molar refractivity (Wildman–Crippen MR) is 58.5 cm³/mol. The van der Waals surface area contributed by atoms with Crippen molar-refractivity contribution >= 4 is 5.57 Å². The van der Waals surface area contributed by atoms with Crippen molar-refractivity contribution in [2.75, 3.05) is 0 Å². The minimum Gasteiger partial charge on any atom is -0.361 e. The second-order valence-corrected chi connectivity index (χ2v) is 3.93. The van der Waals surface area contributed by atoms with Gasteiger partial charge in [-0.2, -0.15) is 0 Å². The van der Waals surface area contributed by atoms with Gasteiger partial charge in [0.05, 0.1) is 5.54 Å². The topological polar surface area (TPSA) is 67.8 Å². The highest BCUT2D eigenvalue weighted by Gasteiger charge is 2.21.